The summed E-state index contributed by atoms with van der Waals surface area (Å²) in [5, 5.41) is 10.4. The van der Waals surface area contributed by atoms with E-state index < -0.39 is 0 Å². The van der Waals surface area contributed by atoms with E-state index >= 15 is 0 Å². The number of Topliss-reactive ketones (excluding diaryl/α,β-unsaturated/α-hetero) is 1. The molecule has 0 N–H and O–H groups in total. The van der Waals surface area contributed by atoms with Gasteiger partial charge in [-0.25, -0.2) is 0 Å². The first-order chi connectivity index (χ1) is 6.40. The van der Waals surface area contributed by atoms with Gasteiger partial charge in [0.05, 0.1) is 0 Å². The van der Waals surface area contributed by atoms with Crippen LogP contribution in [0.4, 0.5) is 0 Å². The van der Waals surface area contributed by atoms with Gasteiger partial charge in [-0.1, -0.05) is 27.7 Å². The van der Waals surface area contributed by atoms with E-state index in [1.807, 2.05) is 13.8 Å². The standard InChI is InChI=1S/C10H19NO3/c1-5-10(12)8(4)9(7(2)3)6-11(13)14/h7-9H,5-6H2,1-4H3. The number of rotatable bonds is 6. The Morgan fingerprint density at radius 1 is 1.36 bits per heavy atom. The van der Waals surface area contributed by atoms with Crippen molar-refractivity contribution < 1.29 is 9.72 Å². The van der Waals surface area contributed by atoms with Gasteiger partial charge in [0.15, 0.2) is 0 Å². The molecule has 82 valence electrons. The number of ketones is 1. The zero-order chi connectivity index (χ0) is 11.3. The van der Waals surface area contributed by atoms with Crippen molar-refractivity contribution in [3.05, 3.63) is 10.1 Å². The molecule has 2 atom stereocenters. The molecule has 0 rings (SSSR count). The fourth-order valence-corrected chi connectivity index (χ4v) is 1.68. The van der Waals surface area contributed by atoms with Crippen LogP contribution in [0.1, 0.15) is 34.1 Å². The van der Waals surface area contributed by atoms with Crippen LogP contribution in [0.25, 0.3) is 0 Å². The minimum absolute atomic E-state index is 0.107. The molecule has 0 saturated carbocycles. The van der Waals surface area contributed by atoms with Crippen molar-refractivity contribution in [2.24, 2.45) is 17.8 Å². The third-order valence-electron chi connectivity index (χ3n) is 2.71. The van der Waals surface area contributed by atoms with Crippen LogP contribution in [-0.4, -0.2) is 17.3 Å². The normalized spacial score (nSPS) is 15.2. The zero-order valence-corrected chi connectivity index (χ0v) is 9.32. The number of nitro groups is 1. The van der Waals surface area contributed by atoms with Crippen LogP contribution in [0.2, 0.25) is 0 Å². The quantitative estimate of drug-likeness (QED) is 0.488. The molecule has 0 aliphatic heterocycles. The van der Waals surface area contributed by atoms with E-state index in [9.17, 15) is 14.9 Å². The van der Waals surface area contributed by atoms with Crippen molar-refractivity contribution in [1.29, 1.82) is 0 Å². The molecule has 0 spiro atoms. The van der Waals surface area contributed by atoms with Gasteiger partial charge in [0.2, 0.25) is 6.54 Å². The molecule has 0 aromatic rings. The maximum absolute atomic E-state index is 11.4. The van der Waals surface area contributed by atoms with Gasteiger partial charge in [-0.05, 0) is 5.92 Å². The zero-order valence-electron chi connectivity index (χ0n) is 9.32. The molecule has 0 bridgehead atoms. The summed E-state index contributed by atoms with van der Waals surface area (Å²) in [5.74, 6) is -0.0562. The summed E-state index contributed by atoms with van der Waals surface area (Å²) >= 11 is 0. The molecule has 4 nitrogen and oxygen atoms in total. The Morgan fingerprint density at radius 3 is 2.14 bits per heavy atom. The van der Waals surface area contributed by atoms with Gasteiger partial charge < -0.3 is 0 Å². The van der Waals surface area contributed by atoms with Crippen molar-refractivity contribution in [2.45, 2.75) is 34.1 Å². The Morgan fingerprint density at radius 2 is 1.86 bits per heavy atom. The minimum Gasteiger partial charge on any atom is -0.299 e. The predicted molar refractivity (Wildman–Crippen MR) is 54.7 cm³/mol. The number of carbonyl (C=O) groups excluding carboxylic acids is 1. The van der Waals surface area contributed by atoms with Gasteiger partial charge in [0, 0.05) is 23.2 Å². The molecular formula is C10H19NO3. The Hall–Kier alpha value is -0.930. The first-order valence-corrected chi connectivity index (χ1v) is 5.04. The van der Waals surface area contributed by atoms with Crippen LogP contribution in [0.5, 0.6) is 0 Å². The van der Waals surface area contributed by atoms with Gasteiger partial charge in [0.1, 0.15) is 5.78 Å². The summed E-state index contributed by atoms with van der Waals surface area (Å²) in [6.07, 6.45) is 0.460. The SMILES string of the molecule is CCC(=O)C(C)C(C[N+](=O)[O-])C(C)C. The average molecular weight is 201 g/mol. The van der Waals surface area contributed by atoms with E-state index in [1.54, 1.807) is 13.8 Å². The largest absolute Gasteiger partial charge is 0.299 e. The molecule has 0 fully saturated rings. The lowest BCUT2D eigenvalue weighted by Gasteiger charge is -2.22. The van der Waals surface area contributed by atoms with E-state index in [-0.39, 0.29) is 35.0 Å². The van der Waals surface area contributed by atoms with Crippen LogP contribution >= 0.6 is 0 Å². The molecule has 2 unspecified atom stereocenters. The first kappa shape index (κ1) is 13.1. The summed E-state index contributed by atoms with van der Waals surface area (Å²) in [6.45, 7) is 7.33. The Balaban J connectivity index is 4.48. The molecule has 0 radical (unpaired) electrons. The van der Waals surface area contributed by atoms with Crippen LogP contribution in [0.15, 0.2) is 0 Å². The highest BCUT2D eigenvalue weighted by molar-refractivity contribution is 5.80. The van der Waals surface area contributed by atoms with Crippen LogP contribution in [0.3, 0.4) is 0 Å². The molecule has 0 saturated heterocycles. The topological polar surface area (TPSA) is 60.2 Å². The molecule has 14 heavy (non-hydrogen) atoms. The summed E-state index contributed by atoms with van der Waals surface area (Å²) in [6, 6.07) is 0. The number of carbonyl (C=O) groups is 1. The summed E-state index contributed by atoms with van der Waals surface area (Å²) in [4.78, 5) is 21.5. The predicted octanol–water partition coefficient (Wildman–Crippen LogP) is 2.15. The molecule has 0 amide bonds. The summed E-state index contributed by atoms with van der Waals surface area (Å²) in [5.41, 5.74) is 0. The van der Waals surface area contributed by atoms with Gasteiger partial charge >= 0.3 is 0 Å². The third kappa shape index (κ3) is 3.85. The van der Waals surface area contributed by atoms with Gasteiger partial charge in [-0.15, -0.1) is 0 Å². The van der Waals surface area contributed by atoms with E-state index in [2.05, 4.69) is 0 Å². The smallest absolute Gasteiger partial charge is 0.207 e. The molecule has 0 aliphatic carbocycles. The van der Waals surface area contributed by atoms with Crippen LogP contribution in [0, 0.1) is 27.9 Å². The van der Waals surface area contributed by atoms with Gasteiger partial charge in [0.25, 0.3) is 0 Å². The van der Waals surface area contributed by atoms with E-state index in [0.29, 0.717) is 6.42 Å². The number of hydrogen-bond acceptors (Lipinski definition) is 3. The van der Waals surface area contributed by atoms with Crippen LogP contribution < -0.4 is 0 Å². The molecule has 0 aromatic carbocycles. The Kier molecular flexibility index (Phi) is 5.35. The molecule has 0 aliphatic rings. The Bertz CT molecular complexity index is 213. The van der Waals surface area contributed by atoms with Crippen molar-refractivity contribution in [1.82, 2.24) is 0 Å². The summed E-state index contributed by atoms with van der Waals surface area (Å²) in [7, 11) is 0. The Labute approximate surface area is 84.8 Å². The van der Waals surface area contributed by atoms with Crippen molar-refractivity contribution in [3.63, 3.8) is 0 Å². The van der Waals surface area contributed by atoms with Gasteiger partial charge in [-0.3, -0.25) is 14.9 Å². The third-order valence-corrected chi connectivity index (χ3v) is 2.71. The monoisotopic (exact) mass is 201 g/mol. The van der Waals surface area contributed by atoms with E-state index in [0.717, 1.165) is 0 Å². The molecule has 4 heteroatoms. The van der Waals surface area contributed by atoms with E-state index in [4.69, 9.17) is 0 Å². The first-order valence-electron chi connectivity index (χ1n) is 5.04. The summed E-state index contributed by atoms with van der Waals surface area (Å²) < 4.78 is 0. The van der Waals surface area contributed by atoms with Crippen molar-refractivity contribution >= 4 is 5.78 Å². The highest BCUT2D eigenvalue weighted by Crippen LogP contribution is 2.22. The van der Waals surface area contributed by atoms with E-state index in [1.165, 1.54) is 0 Å². The van der Waals surface area contributed by atoms with Crippen LogP contribution in [-0.2, 0) is 4.79 Å². The average Bonchev–Trinajstić information content (AvgIpc) is 2.11. The lowest BCUT2D eigenvalue weighted by atomic mass is 9.81. The highest BCUT2D eigenvalue weighted by Gasteiger charge is 2.29. The minimum atomic E-state index is -0.329. The number of nitrogens with zero attached hydrogens (tertiary/aromatic N) is 1. The maximum atomic E-state index is 11.4. The van der Waals surface area contributed by atoms with Gasteiger partial charge in [-0.2, -0.15) is 0 Å². The maximum Gasteiger partial charge on any atom is 0.207 e. The second kappa shape index (κ2) is 5.73. The fraction of sp³-hybridized carbons (Fsp3) is 0.900. The van der Waals surface area contributed by atoms with Crippen molar-refractivity contribution in [3.8, 4) is 0 Å². The number of hydrogen-bond donors (Lipinski definition) is 0. The molecular weight excluding hydrogens is 182 g/mol. The second-order valence-corrected chi connectivity index (χ2v) is 4.03. The highest BCUT2D eigenvalue weighted by atomic mass is 16.6. The molecule has 0 aromatic heterocycles. The fourth-order valence-electron chi connectivity index (χ4n) is 1.68. The van der Waals surface area contributed by atoms with Crippen molar-refractivity contribution in [2.75, 3.05) is 6.54 Å². The molecule has 0 heterocycles. The lowest BCUT2D eigenvalue weighted by molar-refractivity contribution is -0.491. The lowest BCUT2D eigenvalue weighted by Crippen LogP contribution is -2.30. The second-order valence-electron chi connectivity index (χ2n) is 4.03.